The average molecular weight is 538 g/mol. The van der Waals surface area contributed by atoms with Crippen LogP contribution in [0.4, 0.5) is 13.2 Å². The Balaban J connectivity index is 0.00000392. The zero-order valence-corrected chi connectivity index (χ0v) is 18.7. The van der Waals surface area contributed by atoms with Gasteiger partial charge in [0.2, 0.25) is 0 Å². The highest BCUT2D eigenvalue weighted by Gasteiger charge is 2.50. The minimum atomic E-state index is -5.24. The summed E-state index contributed by atoms with van der Waals surface area (Å²) in [5.74, 6) is 1.52. The van der Waals surface area contributed by atoms with Crippen LogP contribution < -0.4 is 10.6 Å². The summed E-state index contributed by atoms with van der Waals surface area (Å²) < 4.78 is 66.4. The zero-order chi connectivity index (χ0) is 19.9. The molecule has 0 aliphatic carbocycles. The van der Waals surface area contributed by atoms with Gasteiger partial charge in [0.25, 0.3) is 0 Å². The molecular weight excluding hydrogens is 512 g/mol. The third-order valence-electron chi connectivity index (χ3n) is 4.30. The number of hydrogen-bond donors (Lipinski definition) is 2. The van der Waals surface area contributed by atoms with E-state index >= 15 is 0 Å². The van der Waals surface area contributed by atoms with E-state index in [1.54, 1.807) is 6.26 Å². The smallest absolute Gasteiger partial charge is 0.469 e. The Labute approximate surface area is 180 Å². The zero-order valence-electron chi connectivity index (χ0n) is 15.5. The Bertz CT molecular complexity index is 703. The third-order valence-corrected chi connectivity index (χ3v) is 5.93. The average Bonchev–Trinajstić information content (AvgIpc) is 3.12. The van der Waals surface area contributed by atoms with Gasteiger partial charge in [-0.15, -0.1) is 24.0 Å². The second kappa shape index (κ2) is 11.2. The molecule has 1 aliphatic heterocycles. The minimum absolute atomic E-state index is 0. The second-order valence-corrected chi connectivity index (χ2v) is 8.20. The first-order chi connectivity index (χ1) is 12.7. The van der Waals surface area contributed by atoms with Gasteiger partial charge in [-0.1, -0.05) is 0 Å². The predicted molar refractivity (Wildman–Crippen MR) is 111 cm³/mol. The molecule has 7 nitrogen and oxygen atoms in total. The fourth-order valence-corrected chi connectivity index (χ4v) is 3.78. The van der Waals surface area contributed by atoms with Crippen LogP contribution >= 0.6 is 24.0 Å². The summed E-state index contributed by atoms with van der Waals surface area (Å²) in [6, 6.07) is 3.70. The molecule has 0 atom stereocenters. The molecule has 0 radical (unpaired) electrons. The van der Waals surface area contributed by atoms with E-state index in [1.807, 2.05) is 19.1 Å². The molecule has 1 aliphatic rings. The number of halogens is 4. The van der Waals surface area contributed by atoms with Crippen LogP contribution in [0.25, 0.3) is 0 Å². The molecular formula is C16H26F3IN4O3S. The summed E-state index contributed by atoms with van der Waals surface area (Å²) >= 11 is 0. The van der Waals surface area contributed by atoms with Crippen molar-refractivity contribution >= 4 is 40.0 Å². The highest BCUT2D eigenvalue weighted by molar-refractivity contribution is 14.0. The summed E-state index contributed by atoms with van der Waals surface area (Å²) in [5, 5.41) is 6.28. The van der Waals surface area contributed by atoms with E-state index in [2.05, 4.69) is 15.6 Å². The number of aliphatic imine (C=N–C) groups is 1. The van der Waals surface area contributed by atoms with Gasteiger partial charge in [-0.05, 0) is 37.8 Å². The van der Waals surface area contributed by atoms with Crippen molar-refractivity contribution in [3.05, 3.63) is 24.2 Å². The lowest BCUT2D eigenvalue weighted by atomic mass is 9.98. The van der Waals surface area contributed by atoms with Crippen molar-refractivity contribution in [3.63, 3.8) is 0 Å². The number of furan rings is 1. The molecule has 2 heterocycles. The van der Waals surface area contributed by atoms with Gasteiger partial charge in [-0.3, -0.25) is 4.99 Å². The van der Waals surface area contributed by atoms with Gasteiger partial charge in [0.1, 0.15) is 5.76 Å². The predicted octanol–water partition coefficient (Wildman–Crippen LogP) is 2.56. The largest absolute Gasteiger partial charge is 0.511 e. The summed E-state index contributed by atoms with van der Waals surface area (Å²) in [6.45, 7) is 3.39. The van der Waals surface area contributed by atoms with Crippen LogP contribution in [0.2, 0.25) is 0 Å². The van der Waals surface area contributed by atoms with Crippen LogP contribution in [0, 0.1) is 5.92 Å². The van der Waals surface area contributed by atoms with Gasteiger partial charge in [-0.25, -0.2) is 8.42 Å². The van der Waals surface area contributed by atoms with Crippen molar-refractivity contribution in [1.82, 2.24) is 14.9 Å². The maximum atomic E-state index is 12.6. The van der Waals surface area contributed by atoms with E-state index in [0.717, 1.165) is 5.76 Å². The first-order valence-electron chi connectivity index (χ1n) is 8.85. The molecule has 2 rings (SSSR count). The van der Waals surface area contributed by atoms with Crippen LogP contribution in [-0.4, -0.2) is 56.9 Å². The maximum Gasteiger partial charge on any atom is 0.511 e. The van der Waals surface area contributed by atoms with Gasteiger partial charge >= 0.3 is 15.5 Å². The van der Waals surface area contributed by atoms with Crippen LogP contribution in [0.3, 0.4) is 0 Å². The molecule has 1 saturated heterocycles. The number of rotatable bonds is 7. The molecule has 162 valence electrons. The molecule has 28 heavy (non-hydrogen) atoms. The first kappa shape index (κ1) is 25.0. The van der Waals surface area contributed by atoms with E-state index < -0.39 is 15.5 Å². The lowest BCUT2D eigenvalue weighted by Gasteiger charge is -2.30. The van der Waals surface area contributed by atoms with Crippen molar-refractivity contribution in [2.75, 3.05) is 32.7 Å². The lowest BCUT2D eigenvalue weighted by molar-refractivity contribution is -0.0496. The number of sulfonamides is 1. The Kier molecular flexibility index (Phi) is 10.0. The standard InChI is InChI=1S/C16H25F3N4O3S.HI/c1-2-20-15(21-8-5-14-4-3-11-26-14)22-12-13-6-9-23(10-7-13)27(24,25)16(17,18)19;/h3-4,11,13H,2,5-10,12H2,1H3,(H2,20,21,22);1H. The van der Waals surface area contributed by atoms with Crippen LogP contribution in [-0.2, 0) is 16.4 Å². The Hall–Kier alpha value is -1.02. The van der Waals surface area contributed by atoms with E-state index in [-0.39, 0.29) is 43.0 Å². The normalized spacial score (nSPS) is 17.2. The quantitative estimate of drug-likeness (QED) is 0.317. The topological polar surface area (TPSA) is 86.9 Å². The molecule has 0 unspecified atom stereocenters. The summed E-state index contributed by atoms with van der Waals surface area (Å²) in [4.78, 5) is 4.47. The second-order valence-electron chi connectivity index (χ2n) is 6.27. The number of nitrogens with zero attached hydrogens (tertiary/aromatic N) is 2. The number of hydrogen-bond acceptors (Lipinski definition) is 4. The molecule has 12 heteroatoms. The molecule has 2 N–H and O–H groups in total. The minimum Gasteiger partial charge on any atom is -0.469 e. The molecule has 0 amide bonds. The summed E-state index contributed by atoms with van der Waals surface area (Å²) in [7, 11) is -5.23. The fraction of sp³-hybridized carbons (Fsp3) is 0.688. The number of guanidine groups is 1. The van der Waals surface area contributed by atoms with Crippen LogP contribution in [0.5, 0.6) is 0 Å². The molecule has 1 aromatic heterocycles. The lowest BCUT2D eigenvalue weighted by Crippen LogP contribution is -2.45. The van der Waals surface area contributed by atoms with E-state index in [9.17, 15) is 21.6 Å². The van der Waals surface area contributed by atoms with Gasteiger partial charge in [0.15, 0.2) is 5.96 Å². The molecule has 0 aromatic carbocycles. The SMILES string of the molecule is CCNC(=NCC1CCN(S(=O)(=O)C(F)(F)F)CC1)NCCc1ccco1.I. The Morgan fingerprint density at radius 2 is 2.00 bits per heavy atom. The number of piperidine rings is 1. The molecule has 1 aromatic rings. The highest BCUT2D eigenvalue weighted by Crippen LogP contribution is 2.30. The van der Waals surface area contributed by atoms with Crippen LogP contribution in [0.15, 0.2) is 27.8 Å². The van der Waals surface area contributed by atoms with Crippen LogP contribution in [0.1, 0.15) is 25.5 Å². The summed E-state index contributed by atoms with van der Waals surface area (Å²) in [5.41, 5.74) is -5.24. The van der Waals surface area contributed by atoms with Crippen molar-refractivity contribution in [1.29, 1.82) is 0 Å². The van der Waals surface area contributed by atoms with Crippen molar-refractivity contribution in [2.45, 2.75) is 31.7 Å². The number of nitrogens with one attached hydrogen (secondary N) is 2. The van der Waals surface area contributed by atoms with E-state index in [4.69, 9.17) is 4.42 Å². The third kappa shape index (κ3) is 7.10. The van der Waals surface area contributed by atoms with Crippen molar-refractivity contribution in [3.8, 4) is 0 Å². The fourth-order valence-electron chi connectivity index (χ4n) is 2.80. The molecule has 0 saturated carbocycles. The number of alkyl halides is 3. The monoisotopic (exact) mass is 538 g/mol. The maximum absolute atomic E-state index is 12.6. The van der Waals surface area contributed by atoms with Gasteiger partial charge in [0.05, 0.1) is 6.26 Å². The van der Waals surface area contributed by atoms with Crippen molar-refractivity contribution in [2.24, 2.45) is 10.9 Å². The van der Waals surface area contributed by atoms with Crippen molar-refractivity contribution < 1.29 is 26.0 Å². The van der Waals surface area contributed by atoms with E-state index in [1.165, 1.54) is 0 Å². The summed E-state index contributed by atoms with van der Waals surface area (Å²) in [6.07, 6.45) is 3.01. The Morgan fingerprint density at radius 1 is 1.32 bits per heavy atom. The van der Waals surface area contributed by atoms with Gasteiger partial charge in [-0.2, -0.15) is 17.5 Å². The highest BCUT2D eigenvalue weighted by atomic mass is 127. The van der Waals surface area contributed by atoms with Gasteiger partial charge in [0, 0.05) is 39.1 Å². The molecule has 1 fully saturated rings. The Morgan fingerprint density at radius 3 is 2.54 bits per heavy atom. The molecule has 0 bridgehead atoms. The first-order valence-corrected chi connectivity index (χ1v) is 10.3. The van der Waals surface area contributed by atoms with Gasteiger partial charge < -0.3 is 15.1 Å². The molecule has 0 spiro atoms. The van der Waals surface area contributed by atoms with E-state index in [0.29, 0.717) is 49.2 Å².